The van der Waals surface area contributed by atoms with Crippen molar-refractivity contribution in [3.05, 3.63) is 47.4 Å². The number of rotatable bonds is 1. The first-order valence-corrected chi connectivity index (χ1v) is 6.61. The fraction of sp³-hybridized carbons (Fsp3) is 0.375. The Bertz CT molecular complexity index is 638. The van der Waals surface area contributed by atoms with Crippen LogP contribution in [0.25, 0.3) is 11.3 Å². The summed E-state index contributed by atoms with van der Waals surface area (Å²) in [6.45, 7) is 7.79. The normalized spacial score (nSPS) is 12.5. The van der Waals surface area contributed by atoms with E-state index in [-0.39, 0.29) is 5.41 Å². The van der Waals surface area contributed by atoms with Crippen LogP contribution in [0.4, 0.5) is 13.2 Å². The number of hydrogen-bond donors (Lipinski definition) is 0. The van der Waals surface area contributed by atoms with E-state index in [1.54, 1.807) is 13.1 Å². The van der Waals surface area contributed by atoms with E-state index in [4.69, 9.17) is 0 Å². The van der Waals surface area contributed by atoms with Crippen LogP contribution in [0.15, 0.2) is 30.5 Å². The summed E-state index contributed by atoms with van der Waals surface area (Å²) in [5, 5.41) is 0. The first kappa shape index (κ1) is 15.5. The molecule has 2 aromatic rings. The van der Waals surface area contributed by atoms with E-state index in [2.05, 4.69) is 30.7 Å². The Hall–Kier alpha value is -1.91. The van der Waals surface area contributed by atoms with Gasteiger partial charge in [0, 0.05) is 17.5 Å². The van der Waals surface area contributed by atoms with Crippen molar-refractivity contribution < 1.29 is 13.2 Å². The van der Waals surface area contributed by atoms with E-state index in [1.165, 1.54) is 6.07 Å². The molecule has 0 saturated heterocycles. The molecule has 0 spiro atoms. The summed E-state index contributed by atoms with van der Waals surface area (Å²) in [6.07, 6.45) is -2.67. The zero-order chi connectivity index (χ0) is 15.8. The lowest BCUT2D eigenvalue weighted by atomic mass is 9.88. The lowest BCUT2D eigenvalue weighted by Gasteiger charge is -2.18. The van der Waals surface area contributed by atoms with Gasteiger partial charge in [0.05, 0.1) is 5.69 Å². The van der Waals surface area contributed by atoms with Gasteiger partial charge in [0.2, 0.25) is 0 Å². The van der Waals surface area contributed by atoms with Crippen molar-refractivity contribution in [1.29, 1.82) is 0 Å². The molecule has 5 heteroatoms. The van der Waals surface area contributed by atoms with E-state index >= 15 is 0 Å². The number of hydrogen-bond acceptors (Lipinski definition) is 2. The maximum atomic E-state index is 12.6. The van der Waals surface area contributed by atoms with Crippen molar-refractivity contribution in [3.63, 3.8) is 0 Å². The Balaban J connectivity index is 2.39. The molecular formula is C16H17F3N2. The Kier molecular flexibility index (Phi) is 3.78. The number of nitrogens with zero attached hydrogens (tertiary/aromatic N) is 2. The summed E-state index contributed by atoms with van der Waals surface area (Å²) >= 11 is 0. The quantitative estimate of drug-likeness (QED) is 0.757. The van der Waals surface area contributed by atoms with Gasteiger partial charge in [0.15, 0.2) is 0 Å². The molecule has 0 aliphatic carbocycles. The van der Waals surface area contributed by atoms with Crippen molar-refractivity contribution in [2.24, 2.45) is 0 Å². The SMILES string of the molecule is Cc1nc(C(F)(F)F)ccc1-c1ccc(C(C)(C)C)cn1. The third-order valence-corrected chi connectivity index (χ3v) is 3.28. The van der Waals surface area contributed by atoms with Crippen LogP contribution in [0.5, 0.6) is 0 Å². The van der Waals surface area contributed by atoms with Gasteiger partial charge in [0.25, 0.3) is 0 Å². The van der Waals surface area contributed by atoms with Gasteiger partial charge in [-0.25, -0.2) is 4.98 Å². The van der Waals surface area contributed by atoms with Crippen LogP contribution in [-0.2, 0) is 11.6 Å². The third-order valence-electron chi connectivity index (χ3n) is 3.28. The number of alkyl halides is 3. The number of aryl methyl sites for hydroxylation is 1. The highest BCUT2D eigenvalue weighted by atomic mass is 19.4. The monoisotopic (exact) mass is 294 g/mol. The van der Waals surface area contributed by atoms with Crippen LogP contribution in [-0.4, -0.2) is 9.97 Å². The van der Waals surface area contributed by atoms with Crippen LogP contribution in [0.1, 0.15) is 37.7 Å². The molecule has 0 radical (unpaired) electrons. The molecule has 0 amide bonds. The summed E-state index contributed by atoms with van der Waals surface area (Å²) in [5.74, 6) is 0. The van der Waals surface area contributed by atoms with E-state index in [1.807, 2.05) is 12.1 Å². The fourth-order valence-corrected chi connectivity index (χ4v) is 1.99. The molecule has 0 aliphatic rings. The van der Waals surface area contributed by atoms with E-state index in [0.717, 1.165) is 11.6 Å². The molecule has 0 bridgehead atoms. The van der Waals surface area contributed by atoms with Gasteiger partial charge in [-0.05, 0) is 36.1 Å². The molecule has 0 unspecified atom stereocenters. The first-order valence-electron chi connectivity index (χ1n) is 6.61. The summed E-state index contributed by atoms with van der Waals surface area (Å²) in [6, 6.07) is 6.17. The van der Waals surface area contributed by atoms with Gasteiger partial charge in [-0.1, -0.05) is 26.8 Å². The van der Waals surface area contributed by atoms with E-state index in [9.17, 15) is 13.2 Å². The summed E-state index contributed by atoms with van der Waals surface area (Å²) < 4.78 is 37.8. The van der Waals surface area contributed by atoms with E-state index < -0.39 is 11.9 Å². The van der Waals surface area contributed by atoms with Crippen LogP contribution in [0.2, 0.25) is 0 Å². The molecule has 0 aliphatic heterocycles. The van der Waals surface area contributed by atoms with Gasteiger partial charge in [-0.15, -0.1) is 0 Å². The lowest BCUT2D eigenvalue weighted by molar-refractivity contribution is -0.141. The zero-order valence-corrected chi connectivity index (χ0v) is 12.4. The maximum Gasteiger partial charge on any atom is 0.433 e. The second kappa shape index (κ2) is 5.13. The Morgan fingerprint density at radius 1 is 0.952 bits per heavy atom. The molecule has 0 aromatic carbocycles. The maximum absolute atomic E-state index is 12.6. The highest BCUT2D eigenvalue weighted by molar-refractivity contribution is 5.62. The largest absolute Gasteiger partial charge is 0.433 e. The summed E-state index contributed by atoms with van der Waals surface area (Å²) in [7, 11) is 0. The van der Waals surface area contributed by atoms with Gasteiger partial charge in [0.1, 0.15) is 5.69 Å². The summed E-state index contributed by atoms with van der Waals surface area (Å²) in [5.41, 5.74) is 1.74. The predicted octanol–water partition coefficient (Wildman–Crippen LogP) is 4.77. The second-order valence-electron chi connectivity index (χ2n) is 6.01. The molecule has 112 valence electrons. The molecule has 0 fully saturated rings. The zero-order valence-electron chi connectivity index (χ0n) is 12.4. The Labute approximate surface area is 122 Å². The highest BCUT2D eigenvalue weighted by Crippen LogP contribution is 2.30. The van der Waals surface area contributed by atoms with Gasteiger partial charge in [-0.3, -0.25) is 4.98 Å². The minimum atomic E-state index is -4.42. The van der Waals surface area contributed by atoms with Crippen LogP contribution < -0.4 is 0 Å². The van der Waals surface area contributed by atoms with Crippen molar-refractivity contribution in [3.8, 4) is 11.3 Å². The number of pyridine rings is 2. The van der Waals surface area contributed by atoms with Gasteiger partial charge < -0.3 is 0 Å². The molecule has 0 N–H and O–H groups in total. The molecule has 2 rings (SSSR count). The smallest absolute Gasteiger partial charge is 0.256 e. The minimum absolute atomic E-state index is 0.0149. The predicted molar refractivity (Wildman–Crippen MR) is 75.9 cm³/mol. The summed E-state index contributed by atoms with van der Waals surface area (Å²) in [4.78, 5) is 7.97. The molecule has 21 heavy (non-hydrogen) atoms. The molecule has 2 aromatic heterocycles. The van der Waals surface area contributed by atoms with Crippen molar-refractivity contribution in [1.82, 2.24) is 9.97 Å². The average Bonchev–Trinajstić information content (AvgIpc) is 2.36. The fourth-order valence-electron chi connectivity index (χ4n) is 1.99. The number of halogens is 3. The van der Waals surface area contributed by atoms with Gasteiger partial charge in [-0.2, -0.15) is 13.2 Å². The van der Waals surface area contributed by atoms with Crippen LogP contribution in [0.3, 0.4) is 0 Å². The topological polar surface area (TPSA) is 25.8 Å². The van der Waals surface area contributed by atoms with Crippen LogP contribution >= 0.6 is 0 Å². The third kappa shape index (κ3) is 3.40. The first-order chi connectivity index (χ1) is 9.59. The Morgan fingerprint density at radius 2 is 1.62 bits per heavy atom. The Morgan fingerprint density at radius 3 is 2.05 bits per heavy atom. The van der Waals surface area contributed by atoms with Crippen molar-refractivity contribution >= 4 is 0 Å². The van der Waals surface area contributed by atoms with Gasteiger partial charge >= 0.3 is 6.18 Å². The molecular weight excluding hydrogens is 277 g/mol. The number of aromatic nitrogens is 2. The molecule has 2 heterocycles. The minimum Gasteiger partial charge on any atom is -0.256 e. The second-order valence-corrected chi connectivity index (χ2v) is 6.01. The lowest BCUT2D eigenvalue weighted by Crippen LogP contribution is -2.11. The van der Waals surface area contributed by atoms with E-state index in [0.29, 0.717) is 17.0 Å². The van der Waals surface area contributed by atoms with Crippen LogP contribution in [0, 0.1) is 6.92 Å². The standard InChI is InChI=1S/C16H17F3N2/c1-10-12(6-8-14(21-10)16(17,18)19)13-7-5-11(9-20-13)15(2,3)4/h5-9H,1-4H3. The molecule has 2 nitrogen and oxygen atoms in total. The average molecular weight is 294 g/mol. The highest BCUT2D eigenvalue weighted by Gasteiger charge is 2.32. The molecule has 0 saturated carbocycles. The van der Waals surface area contributed by atoms with Crippen molar-refractivity contribution in [2.75, 3.05) is 0 Å². The molecule has 0 atom stereocenters. The van der Waals surface area contributed by atoms with Crippen molar-refractivity contribution in [2.45, 2.75) is 39.3 Å².